The number of aromatic nitrogens is 2. The molecule has 0 aromatic carbocycles. The van der Waals surface area contributed by atoms with Crippen LogP contribution in [0.1, 0.15) is 24.3 Å². The van der Waals surface area contributed by atoms with E-state index in [4.69, 9.17) is 16.7 Å². The monoisotopic (exact) mass is 309 g/mol. The van der Waals surface area contributed by atoms with Crippen molar-refractivity contribution in [2.24, 2.45) is 0 Å². The van der Waals surface area contributed by atoms with Crippen molar-refractivity contribution in [2.75, 3.05) is 19.3 Å². The van der Waals surface area contributed by atoms with Crippen molar-refractivity contribution in [3.63, 3.8) is 0 Å². The first-order valence-corrected chi connectivity index (χ1v) is 7.67. The molecular weight excluding hydrogens is 294 g/mol. The molecule has 0 bridgehead atoms. The van der Waals surface area contributed by atoms with Crippen molar-refractivity contribution in [3.8, 4) is 0 Å². The lowest BCUT2D eigenvalue weighted by atomic mass is 10.4. The highest BCUT2D eigenvalue weighted by atomic mass is 35.5. The van der Waals surface area contributed by atoms with Gasteiger partial charge in [0.2, 0.25) is 15.0 Å². The van der Waals surface area contributed by atoms with Crippen LogP contribution in [0, 0.1) is 0 Å². The van der Waals surface area contributed by atoms with Crippen molar-refractivity contribution < 1.29 is 18.3 Å². The minimum Gasteiger partial charge on any atom is -0.476 e. The molecule has 0 saturated heterocycles. The molecule has 0 spiro atoms. The highest BCUT2D eigenvalue weighted by Gasteiger charge is 2.17. The predicted molar refractivity (Wildman–Crippen MR) is 71.3 cm³/mol. The van der Waals surface area contributed by atoms with Gasteiger partial charge in [0.25, 0.3) is 0 Å². The van der Waals surface area contributed by atoms with E-state index in [0.29, 0.717) is 0 Å². The van der Waals surface area contributed by atoms with Gasteiger partial charge in [-0.2, -0.15) is 0 Å². The summed E-state index contributed by atoms with van der Waals surface area (Å²) in [4.78, 5) is 17.2. The van der Waals surface area contributed by atoms with Crippen LogP contribution in [0.3, 0.4) is 0 Å². The first-order valence-electron chi connectivity index (χ1n) is 5.40. The second-order valence-corrected chi connectivity index (χ2v) is 5.70. The quantitative estimate of drug-likeness (QED) is 0.793. The Morgan fingerprint density at radius 3 is 2.26 bits per heavy atom. The molecule has 0 unspecified atom stereocenters. The Morgan fingerprint density at radius 1 is 1.42 bits per heavy atom. The van der Waals surface area contributed by atoms with E-state index in [0.717, 1.165) is 25.5 Å². The number of sulfone groups is 1. The Hall–Kier alpha value is -1.25. The topological polar surface area (TPSA) is 109 Å². The lowest BCUT2D eigenvalue weighted by Crippen LogP contribution is -2.09. The van der Waals surface area contributed by atoms with Gasteiger partial charge in [-0.05, 0) is 13.1 Å². The van der Waals surface area contributed by atoms with Crippen LogP contribution in [-0.2, 0) is 9.84 Å². The number of hydrogen-bond acceptors (Lipinski definition) is 6. The molecule has 0 aliphatic heterocycles. The number of rotatable bonds is 4. The predicted octanol–water partition coefficient (Wildman–Crippen LogP) is 0.848. The van der Waals surface area contributed by atoms with E-state index in [2.05, 4.69) is 29.1 Å². The summed E-state index contributed by atoms with van der Waals surface area (Å²) in [6.45, 7) is 6.39. The summed E-state index contributed by atoms with van der Waals surface area (Å²) in [6, 6.07) is 0. The number of nitrogens with one attached hydrogen (secondary N) is 1. The third-order valence-electron chi connectivity index (χ3n) is 1.76. The lowest BCUT2D eigenvalue weighted by molar-refractivity contribution is 0.0689. The van der Waals surface area contributed by atoms with Gasteiger partial charge in [0.05, 0.1) is 11.2 Å². The van der Waals surface area contributed by atoms with E-state index in [-0.39, 0.29) is 5.02 Å². The van der Waals surface area contributed by atoms with E-state index in [1.54, 1.807) is 0 Å². The second kappa shape index (κ2) is 8.03. The number of halogens is 1. The second-order valence-electron chi connectivity index (χ2n) is 3.38. The van der Waals surface area contributed by atoms with Crippen LogP contribution in [-0.4, -0.2) is 48.8 Å². The molecule has 0 fully saturated rings. The average molecular weight is 310 g/mol. The van der Waals surface area contributed by atoms with Crippen LogP contribution >= 0.6 is 11.6 Å². The zero-order chi connectivity index (χ0) is 15.1. The Morgan fingerprint density at radius 2 is 1.95 bits per heavy atom. The van der Waals surface area contributed by atoms with Crippen LogP contribution in [0.2, 0.25) is 5.02 Å². The maximum atomic E-state index is 11.0. The minimum atomic E-state index is -3.62. The molecule has 0 radical (unpaired) electrons. The highest BCUT2D eigenvalue weighted by Crippen LogP contribution is 2.13. The fourth-order valence-electron chi connectivity index (χ4n) is 0.930. The summed E-state index contributed by atoms with van der Waals surface area (Å²) in [6.07, 6.45) is 1.82. The smallest absolute Gasteiger partial charge is 0.356 e. The summed E-state index contributed by atoms with van der Waals surface area (Å²) in [5.41, 5.74) is -0.526. The van der Waals surface area contributed by atoms with Crippen LogP contribution < -0.4 is 5.32 Å². The molecule has 1 rings (SSSR count). The summed E-state index contributed by atoms with van der Waals surface area (Å²) in [5.74, 6) is -1.40. The van der Waals surface area contributed by atoms with Crippen molar-refractivity contribution in [2.45, 2.75) is 19.0 Å². The molecule has 0 amide bonds. The molecule has 108 valence electrons. The number of carboxylic acid groups (broad SMARTS) is 1. The largest absolute Gasteiger partial charge is 0.476 e. The molecule has 2 N–H and O–H groups in total. The van der Waals surface area contributed by atoms with Crippen LogP contribution in [0.4, 0.5) is 0 Å². The maximum Gasteiger partial charge on any atom is 0.356 e. The molecule has 7 nitrogen and oxygen atoms in total. The van der Waals surface area contributed by atoms with E-state index in [1.165, 1.54) is 0 Å². The van der Waals surface area contributed by atoms with Gasteiger partial charge < -0.3 is 10.4 Å². The van der Waals surface area contributed by atoms with Gasteiger partial charge in [0.15, 0.2) is 5.69 Å². The van der Waals surface area contributed by atoms with Gasteiger partial charge in [-0.15, -0.1) is 0 Å². The molecule has 1 aromatic rings. The Kier molecular flexibility index (Phi) is 7.50. The van der Waals surface area contributed by atoms with Crippen molar-refractivity contribution in [1.82, 2.24) is 15.3 Å². The Balaban J connectivity index is 0.000000555. The molecule has 0 atom stereocenters. The zero-order valence-electron chi connectivity index (χ0n) is 10.8. The SMILES string of the molecule is CCNCC.CS(=O)(=O)c1ncc(Cl)c(C(=O)O)n1. The van der Waals surface area contributed by atoms with E-state index in [9.17, 15) is 13.2 Å². The summed E-state index contributed by atoms with van der Waals surface area (Å²) < 4.78 is 21.9. The average Bonchev–Trinajstić information content (AvgIpc) is 2.29. The van der Waals surface area contributed by atoms with Crippen molar-refractivity contribution in [1.29, 1.82) is 0 Å². The lowest BCUT2D eigenvalue weighted by Gasteiger charge is -1.99. The van der Waals surface area contributed by atoms with E-state index >= 15 is 0 Å². The number of nitrogens with zero attached hydrogens (tertiary/aromatic N) is 2. The molecule has 9 heteroatoms. The third-order valence-corrected chi connectivity index (χ3v) is 2.89. The van der Waals surface area contributed by atoms with Crippen LogP contribution in [0.25, 0.3) is 0 Å². The van der Waals surface area contributed by atoms with Gasteiger partial charge in [0, 0.05) is 6.26 Å². The molecule has 1 heterocycles. The Bertz CT molecular complexity index is 532. The van der Waals surface area contributed by atoms with Gasteiger partial charge >= 0.3 is 5.97 Å². The third kappa shape index (κ3) is 6.46. The van der Waals surface area contributed by atoms with E-state index in [1.807, 2.05) is 0 Å². The number of carboxylic acids is 1. The zero-order valence-corrected chi connectivity index (χ0v) is 12.4. The maximum absolute atomic E-state index is 11.0. The summed E-state index contributed by atoms with van der Waals surface area (Å²) in [7, 11) is -3.62. The van der Waals surface area contributed by atoms with Gasteiger partial charge in [-0.25, -0.2) is 23.2 Å². The molecule has 0 saturated carbocycles. The molecular formula is C10H16ClN3O4S. The van der Waals surface area contributed by atoms with Crippen molar-refractivity contribution in [3.05, 3.63) is 16.9 Å². The Labute approximate surface area is 117 Å². The summed E-state index contributed by atoms with van der Waals surface area (Å²) in [5, 5.41) is 10.9. The standard InChI is InChI=1S/C6H5ClN2O4S.C4H11N/c1-14(12,13)6-8-2-3(7)4(9-6)5(10)11;1-3-5-4-2/h2H,1H3,(H,10,11);5H,3-4H2,1-2H3. The van der Waals surface area contributed by atoms with E-state index < -0.39 is 26.7 Å². The molecule has 1 aromatic heterocycles. The number of aromatic carboxylic acids is 1. The first kappa shape index (κ1) is 17.8. The minimum absolute atomic E-state index is 0.204. The van der Waals surface area contributed by atoms with Gasteiger partial charge in [-0.3, -0.25) is 0 Å². The molecule has 0 aliphatic rings. The first-order chi connectivity index (χ1) is 8.73. The highest BCUT2D eigenvalue weighted by molar-refractivity contribution is 7.90. The van der Waals surface area contributed by atoms with Crippen LogP contribution in [0.15, 0.2) is 11.4 Å². The molecule has 19 heavy (non-hydrogen) atoms. The van der Waals surface area contributed by atoms with Crippen molar-refractivity contribution >= 4 is 27.4 Å². The fraction of sp³-hybridized carbons (Fsp3) is 0.500. The summed E-state index contributed by atoms with van der Waals surface area (Å²) >= 11 is 5.44. The van der Waals surface area contributed by atoms with Gasteiger partial charge in [-0.1, -0.05) is 25.4 Å². The normalized spacial score (nSPS) is 10.5. The fourth-order valence-corrected chi connectivity index (χ4v) is 1.60. The number of carbonyl (C=O) groups is 1. The van der Waals surface area contributed by atoms with Gasteiger partial charge in [0.1, 0.15) is 0 Å². The number of hydrogen-bond donors (Lipinski definition) is 2. The van der Waals surface area contributed by atoms with Crippen LogP contribution in [0.5, 0.6) is 0 Å². The molecule has 0 aliphatic carbocycles.